The van der Waals surface area contributed by atoms with Crippen molar-refractivity contribution in [2.24, 2.45) is 5.73 Å². The first kappa shape index (κ1) is 13.3. The zero-order valence-corrected chi connectivity index (χ0v) is 10.2. The SMILES string of the molecule is COc1c(Br)cc(C(F)(F)F)cc1CCN. The topological polar surface area (TPSA) is 35.2 Å². The zero-order valence-electron chi connectivity index (χ0n) is 8.57. The van der Waals surface area contributed by atoms with Gasteiger partial charge in [-0.25, -0.2) is 0 Å². The Morgan fingerprint density at radius 3 is 2.44 bits per heavy atom. The molecule has 0 aliphatic heterocycles. The van der Waals surface area contributed by atoms with Gasteiger partial charge in [-0.15, -0.1) is 0 Å². The third kappa shape index (κ3) is 2.89. The van der Waals surface area contributed by atoms with Gasteiger partial charge >= 0.3 is 6.18 Å². The lowest BCUT2D eigenvalue weighted by Gasteiger charge is -2.14. The maximum atomic E-state index is 12.5. The van der Waals surface area contributed by atoms with Gasteiger partial charge in [0.15, 0.2) is 0 Å². The average Bonchev–Trinajstić information content (AvgIpc) is 2.16. The van der Waals surface area contributed by atoms with E-state index in [1.165, 1.54) is 7.11 Å². The van der Waals surface area contributed by atoms with Gasteiger partial charge in [0.2, 0.25) is 0 Å². The van der Waals surface area contributed by atoms with E-state index in [-0.39, 0.29) is 11.0 Å². The lowest BCUT2D eigenvalue weighted by molar-refractivity contribution is -0.137. The number of methoxy groups -OCH3 is 1. The van der Waals surface area contributed by atoms with Crippen LogP contribution in [0.3, 0.4) is 0 Å². The normalized spacial score (nSPS) is 11.6. The van der Waals surface area contributed by atoms with E-state index in [1.54, 1.807) is 0 Å². The summed E-state index contributed by atoms with van der Waals surface area (Å²) >= 11 is 3.05. The Morgan fingerprint density at radius 2 is 2.00 bits per heavy atom. The van der Waals surface area contributed by atoms with Crippen LogP contribution in [-0.4, -0.2) is 13.7 Å². The molecule has 0 aromatic heterocycles. The Labute approximate surface area is 99.7 Å². The van der Waals surface area contributed by atoms with E-state index in [9.17, 15) is 13.2 Å². The summed E-state index contributed by atoms with van der Waals surface area (Å²) in [6.45, 7) is 0.268. The van der Waals surface area contributed by atoms with E-state index in [0.717, 1.165) is 12.1 Å². The molecule has 6 heteroatoms. The smallest absolute Gasteiger partial charge is 0.416 e. The second-order valence-electron chi connectivity index (χ2n) is 3.19. The van der Waals surface area contributed by atoms with Crippen LogP contribution in [-0.2, 0) is 12.6 Å². The molecule has 0 aliphatic carbocycles. The molecule has 0 amide bonds. The minimum Gasteiger partial charge on any atom is -0.495 e. The predicted molar refractivity (Wildman–Crippen MR) is 58.5 cm³/mol. The van der Waals surface area contributed by atoms with Gasteiger partial charge in [0, 0.05) is 0 Å². The molecule has 0 radical (unpaired) electrons. The maximum absolute atomic E-state index is 12.5. The molecule has 0 atom stereocenters. The van der Waals surface area contributed by atoms with Crippen molar-refractivity contribution < 1.29 is 17.9 Å². The highest BCUT2D eigenvalue weighted by Crippen LogP contribution is 2.37. The highest BCUT2D eigenvalue weighted by molar-refractivity contribution is 9.10. The van der Waals surface area contributed by atoms with Crippen LogP contribution in [0.2, 0.25) is 0 Å². The predicted octanol–water partition coefficient (Wildman–Crippen LogP) is 2.98. The third-order valence-electron chi connectivity index (χ3n) is 2.07. The summed E-state index contributed by atoms with van der Waals surface area (Å²) < 4.78 is 42.9. The zero-order chi connectivity index (χ0) is 12.3. The van der Waals surface area contributed by atoms with Gasteiger partial charge in [0.05, 0.1) is 17.1 Å². The van der Waals surface area contributed by atoms with Crippen molar-refractivity contribution in [1.29, 1.82) is 0 Å². The molecule has 0 fully saturated rings. The van der Waals surface area contributed by atoms with E-state index in [0.29, 0.717) is 17.7 Å². The monoisotopic (exact) mass is 297 g/mol. The van der Waals surface area contributed by atoms with Crippen molar-refractivity contribution in [1.82, 2.24) is 0 Å². The number of ether oxygens (including phenoxy) is 1. The third-order valence-corrected chi connectivity index (χ3v) is 2.65. The molecule has 1 aromatic rings. The summed E-state index contributed by atoms with van der Waals surface area (Å²) in [5.41, 5.74) is 5.09. The number of hydrogen-bond acceptors (Lipinski definition) is 2. The van der Waals surface area contributed by atoms with E-state index >= 15 is 0 Å². The molecule has 2 N–H and O–H groups in total. The molecular weight excluding hydrogens is 287 g/mol. The number of halogens is 4. The molecule has 0 saturated carbocycles. The minimum absolute atomic E-state index is 0.268. The van der Waals surface area contributed by atoms with Crippen molar-refractivity contribution >= 4 is 15.9 Å². The number of alkyl halides is 3. The highest BCUT2D eigenvalue weighted by Gasteiger charge is 2.32. The van der Waals surface area contributed by atoms with Crippen LogP contribution in [0.4, 0.5) is 13.2 Å². The van der Waals surface area contributed by atoms with Crippen molar-refractivity contribution in [3.05, 3.63) is 27.7 Å². The first-order chi connectivity index (χ1) is 7.40. The quantitative estimate of drug-likeness (QED) is 0.931. The Morgan fingerprint density at radius 1 is 1.38 bits per heavy atom. The van der Waals surface area contributed by atoms with Gasteiger partial charge in [0.25, 0.3) is 0 Å². The summed E-state index contributed by atoms with van der Waals surface area (Å²) in [7, 11) is 1.41. The molecule has 2 nitrogen and oxygen atoms in total. The number of benzene rings is 1. The van der Waals surface area contributed by atoms with Gasteiger partial charge in [-0.3, -0.25) is 0 Å². The first-order valence-corrected chi connectivity index (χ1v) is 5.33. The fourth-order valence-corrected chi connectivity index (χ4v) is 2.05. The standard InChI is InChI=1S/C10H11BrF3NO/c1-16-9-6(2-3-15)4-7(5-8(9)11)10(12,13)14/h4-5H,2-3,15H2,1H3. The largest absolute Gasteiger partial charge is 0.495 e. The van der Waals surface area contributed by atoms with Crippen LogP contribution in [0, 0.1) is 0 Å². The number of rotatable bonds is 3. The highest BCUT2D eigenvalue weighted by atomic mass is 79.9. The molecule has 1 rings (SSSR count). The van der Waals surface area contributed by atoms with Crippen LogP contribution >= 0.6 is 15.9 Å². The van der Waals surface area contributed by atoms with Crippen LogP contribution < -0.4 is 10.5 Å². The van der Waals surface area contributed by atoms with Gasteiger partial charge in [-0.1, -0.05) is 0 Å². The molecular formula is C10H11BrF3NO. The molecule has 1 aromatic carbocycles. The van der Waals surface area contributed by atoms with Crippen LogP contribution in [0.1, 0.15) is 11.1 Å². The Hall–Kier alpha value is -0.750. The molecule has 90 valence electrons. The fraction of sp³-hybridized carbons (Fsp3) is 0.400. The van der Waals surface area contributed by atoms with Gasteiger partial charge in [-0.05, 0) is 46.6 Å². The Kier molecular flexibility index (Phi) is 4.21. The summed E-state index contributed by atoms with van der Waals surface area (Å²) in [6.07, 6.45) is -4.02. The van der Waals surface area contributed by atoms with Crippen LogP contribution in [0.15, 0.2) is 16.6 Å². The molecule has 0 unspecified atom stereocenters. The van der Waals surface area contributed by atoms with E-state index in [4.69, 9.17) is 10.5 Å². The lowest BCUT2D eigenvalue weighted by Crippen LogP contribution is -2.09. The molecule has 0 bridgehead atoms. The average molecular weight is 298 g/mol. The van der Waals surface area contributed by atoms with E-state index < -0.39 is 11.7 Å². The number of hydrogen-bond donors (Lipinski definition) is 1. The maximum Gasteiger partial charge on any atom is 0.416 e. The molecule has 0 spiro atoms. The Bertz CT molecular complexity index is 379. The summed E-state index contributed by atoms with van der Waals surface area (Å²) in [5, 5.41) is 0. The summed E-state index contributed by atoms with van der Waals surface area (Å²) in [5.74, 6) is 0.401. The van der Waals surface area contributed by atoms with Crippen molar-refractivity contribution in [2.45, 2.75) is 12.6 Å². The summed E-state index contributed by atoms with van der Waals surface area (Å²) in [4.78, 5) is 0. The van der Waals surface area contributed by atoms with E-state index in [2.05, 4.69) is 15.9 Å². The van der Waals surface area contributed by atoms with Crippen molar-refractivity contribution in [2.75, 3.05) is 13.7 Å². The fourth-order valence-electron chi connectivity index (χ4n) is 1.38. The van der Waals surface area contributed by atoms with Crippen LogP contribution in [0.25, 0.3) is 0 Å². The first-order valence-electron chi connectivity index (χ1n) is 4.53. The molecule has 0 aliphatic rings. The van der Waals surface area contributed by atoms with Crippen molar-refractivity contribution in [3.8, 4) is 5.75 Å². The number of nitrogens with two attached hydrogens (primary N) is 1. The molecule has 0 saturated heterocycles. The Balaban J connectivity index is 3.28. The lowest BCUT2D eigenvalue weighted by atomic mass is 10.1. The summed E-state index contributed by atoms with van der Waals surface area (Å²) in [6, 6.07) is 2.06. The minimum atomic E-state index is -4.36. The second kappa shape index (κ2) is 5.05. The van der Waals surface area contributed by atoms with Gasteiger partial charge < -0.3 is 10.5 Å². The van der Waals surface area contributed by atoms with Gasteiger partial charge in [-0.2, -0.15) is 13.2 Å². The van der Waals surface area contributed by atoms with Gasteiger partial charge in [0.1, 0.15) is 5.75 Å². The second-order valence-corrected chi connectivity index (χ2v) is 4.04. The van der Waals surface area contributed by atoms with Crippen LogP contribution in [0.5, 0.6) is 5.75 Å². The van der Waals surface area contributed by atoms with E-state index in [1.807, 2.05) is 0 Å². The van der Waals surface area contributed by atoms with Crippen molar-refractivity contribution in [3.63, 3.8) is 0 Å². The molecule has 0 heterocycles. The molecule has 16 heavy (non-hydrogen) atoms.